The Morgan fingerprint density at radius 3 is 2.33 bits per heavy atom. The number of aliphatic hydroxyl groups is 1. The zero-order valence-corrected chi connectivity index (χ0v) is 21.4. The quantitative estimate of drug-likeness (QED) is 0.231. The molecule has 3 aromatic carbocycles. The maximum Gasteiger partial charge on any atom is 0.300 e. The number of hydrogen-bond donors (Lipinski definition) is 1. The summed E-state index contributed by atoms with van der Waals surface area (Å²) >= 11 is 6.38. The van der Waals surface area contributed by atoms with Gasteiger partial charge in [-0.25, -0.2) is 0 Å². The molecule has 0 aromatic heterocycles. The van der Waals surface area contributed by atoms with Crippen LogP contribution in [0.2, 0.25) is 5.02 Å². The van der Waals surface area contributed by atoms with Crippen LogP contribution in [0.5, 0.6) is 11.5 Å². The van der Waals surface area contributed by atoms with Gasteiger partial charge in [0.1, 0.15) is 17.3 Å². The average molecular weight is 506 g/mol. The minimum Gasteiger partial charge on any atom is -0.507 e. The Morgan fingerprint density at radius 2 is 1.69 bits per heavy atom. The van der Waals surface area contributed by atoms with Crippen molar-refractivity contribution in [3.8, 4) is 11.5 Å². The molecule has 3 aromatic rings. The standard InChI is InChI=1S/C29H28ClNO5/c1-17(2)16-36-20-11-9-19(10-12-20)31-26(22-8-6-5-7-18(22)3)25(28(33)29(31)34)27(32)23-15-21(35-4)13-14-24(23)30/h5-15,17,26,32H,16H2,1-4H3/b27-25+. The van der Waals surface area contributed by atoms with Crippen molar-refractivity contribution in [3.05, 3.63) is 94.0 Å². The maximum absolute atomic E-state index is 13.4. The Morgan fingerprint density at radius 1 is 1.03 bits per heavy atom. The van der Waals surface area contributed by atoms with Crippen LogP contribution >= 0.6 is 11.6 Å². The molecule has 1 heterocycles. The first kappa shape index (κ1) is 25.3. The van der Waals surface area contributed by atoms with Gasteiger partial charge in [0, 0.05) is 11.3 Å². The lowest BCUT2D eigenvalue weighted by Gasteiger charge is -2.27. The predicted molar refractivity (Wildman–Crippen MR) is 141 cm³/mol. The van der Waals surface area contributed by atoms with Crippen LogP contribution in [0.25, 0.3) is 5.76 Å². The van der Waals surface area contributed by atoms with Crippen molar-refractivity contribution >= 4 is 34.7 Å². The fourth-order valence-electron chi connectivity index (χ4n) is 4.21. The number of benzene rings is 3. The van der Waals surface area contributed by atoms with Crippen LogP contribution in [0, 0.1) is 12.8 Å². The highest BCUT2D eigenvalue weighted by Crippen LogP contribution is 2.44. The Labute approximate surface area is 215 Å². The second kappa shape index (κ2) is 10.5. The zero-order chi connectivity index (χ0) is 26.0. The molecule has 1 aliphatic rings. The van der Waals surface area contributed by atoms with Crippen LogP contribution in [0.3, 0.4) is 0 Å². The van der Waals surface area contributed by atoms with Crippen LogP contribution < -0.4 is 14.4 Å². The molecule has 1 saturated heterocycles. The Kier molecular flexibility index (Phi) is 7.36. The summed E-state index contributed by atoms with van der Waals surface area (Å²) < 4.78 is 11.0. The van der Waals surface area contributed by atoms with E-state index in [1.54, 1.807) is 42.5 Å². The van der Waals surface area contributed by atoms with Gasteiger partial charge < -0.3 is 14.6 Å². The van der Waals surface area contributed by atoms with Crippen molar-refractivity contribution < 1.29 is 24.2 Å². The number of ether oxygens (including phenoxy) is 2. The molecular formula is C29H28ClNO5. The molecule has 0 radical (unpaired) electrons. The topological polar surface area (TPSA) is 76.1 Å². The lowest BCUT2D eigenvalue weighted by molar-refractivity contribution is -0.132. The molecule has 0 saturated carbocycles. The minimum atomic E-state index is -0.851. The number of halogens is 1. The fourth-order valence-corrected chi connectivity index (χ4v) is 4.42. The number of ketones is 1. The van der Waals surface area contributed by atoms with E-state index in [-0.39, 0.29) is 21.9 Å². The van der Waals surface area contributed by atoms with Gasteiger partial charge in [0.2, 0.25) is 0 Å². The molecule has 1 N–H and O–H groups in total. The lowest BCUT2D eigenvalue weighted by atomic mass is 9.92. The van der Waals surface area contributed by atoms with Gasteiger partial charge in [-0.1, -0.05) is 49.7 Å². The van der Waals surface area contributed by atoms with E-state index in [1.807, 2.05) is 31.2 Å². The van der Waals surface area contributed by atoms with E-state index in [1.165, 1.54) is 12.0 Å². The number of carbonyl (C=O) groups excluding carboxylic acids is 2. The third-order valence-corrected chi connectivity index (χ3v) is 6.38. The number of aliphatic hydroxyl groups excluding tert-OH is 1. The summed E-state index contributed by atoms with van der Waals surface area (Å²) in [4.78, 5) is 28.2. The van der Waals surface area contributed by atoms with E-state index in [9.17, 15) is 14.7 Å². The van der Waals surface area contributed by atoms with Crippen molar-refractivity contribution in [1.29, 1.82) is 0 Å². The summed E-state index contributed by atoms with van der Waals surface area (Å²) in [5, 5.41) is 11.6. The van der Waals surface area contributed by atoms with Gasteiger partial charge in [-0.2, -0.15) is 0 Å². The summed E-state index contributed by atoms with van der Waals surface area (Å²) in [7, 11) is 1.49. The van der Waals surface area contributed by atoms with Gasteiger partial charge in [0.05, 0.1) is 30.4 Å². The van der Waals surface area contributed by atoms with Crippen LogP contribution in [0.4, 0.5) is 5.69 Å². The van der Waals surface area contributed by atoms with Crippen LogP contribution in [0.1, 0.15) is 36.6 Å². The average Bonchev–Trinajstić information content (AvgIpc) is 3.13. The van der Waals surface area contributed by atoms with Crippen molar-refractivity contribution in [1.82, 2.24) is 0 Å². The smallest absolute Gasteiger partial charge is 0.300 e. The Balaban J connectivity index is 1.87. The Hall–Kier alpha value is -3.77. The van der Waals surface area contributed by atoms with Crippen molar-refractivity contribution in [2.75, 3.05) is 18.6 Å². The van der Waals surface area contributed by atoms with Crippen LogP contribution in [-0.2, 0) is 9.59 Å². The van der Waals surface area contributed by atoms with Crippen LogP contribution in [-0.4, -0.2) is 30.5 Å². The zero-order valence-electron chi connectivity index (χ0n) is 20.6. The van der Waals surface area contributed by atoms with Crippen molar-refractivity contribution in [2.24, 2.45) is 5.92 Å². The molecule has 0 bridgehead atoms. The van der Waals surface area contributed by atoms with Gasteiger partial charge in [0.25, 0.3) is 11.7 Å². The predicted octanol–water partition coefficient (Wildman–Crippen LogP) is 6.32. The summed E-state index contributed by atoms with van der Waals surface area (Å²) in [5.41, 5.74) is 2.28. The SMILES string of the molecule is COc1ccc(Cl)c(/C(O)=C2\C(=O)C(=O)N(c3ccc(OCC(C)C)cc3)C2c2ccccc2C)c1. The first-order valence-electron chi connectivity index (χ1n) is 11.7. The molecule has 1 unspecified atom stereocenters. The molecule has 4 rings (SSSR count). The molecule has 1 atom stereocenters. The number of amides is 1. The normalized spacial score (nSPS) is 17.1. The number of carbonyl (C=O) groups is 2. The van der Waals surface area contributed by atoms with E-state index in [2.05, 4.69) is 13.8 Å². The highest BCUT2D eigenvalue weighted by molar-refractivity contribution is 6.52. The molecule has 1 aliphatic heterocycles. The largest absolute Gasteiger partial charge is 0.507 e. The molecule has 186 valence electrons. The van der Waals surface area contributed by atoms with Crippen molar-refractivity contribution in [2.45, 2.75) is 26.8 Å². The summed E-state index contributed by atoms with van der Waals surface area (Å²) in [6.07, 6.45) is 0. The molecule has 6 nitrogen and oxygen atoms in total. The van der Waals surface area contributed by atoms with E-state index in [4.69, 9.17) is 21.1 Å². The van der Waals surface area contributed by atoms with Gasteiger partial charge in [0.15, 0.2) is 0 Å². The molecular weight excluding hydrogens is 478 g/mol. The van der Waals surface area contributed by atoms with Crippen LogP contribution in [0.15, 0.2) is 72.3 Å². The number of rotatable bonds is 7. The third-order valence-electron chi connectivity index (χ3n) is 6.05. The molecule has 0 aliphatic carbocycles. The maximum atomic E-state index is 13.4. The van der Waals surface area contributed by atoms with Gasteiger partial charge in [-0.05, 0) is 66.4 Å². The Bertz CT molecular complexity index is 1330. The molecule has 1 amide bonds. The van der Waals surface area contributed by atoms with E-state index in [0.29, 0.717) is 29.7 Å². The van der Waals surface area contributed by atoms with Gasteiger partial charge in [-0.15, -0.1) is 0 Å². The van der Waals surface area contributed by atoms with E-state index in [0.717, 1.165) is 11.1 Å². The molecule has 1 fully saturated rings. The van der Waals surface area contributed by atoms with Gasteiger partial charge in [-0.3, -0.25) is 14.5 Å². The molecule has 7 heteroatoms. The first-order valence-corrected chi connectivity index (χ1v) is 12.0. The first-order chi connectivity index (χ1) is 17.2. The minimum absolute atomic E-state index is 0.0374. The van der Waals surface area contributed by atoms with Gasteiger partial charge >= 0.3 is 0 Å². The monoisotopic (exact) mass is 505 g/mol. The number of nitrogens with zero attached hydrogens (tertiary/aromatic N) is 1. The highest BCUT2D eigenvalue weighted by Gasteiger charge is 2.47. The molecule has 36 heavy (non-hydrogen) atoms. The van der Waals surface area contributed by atoms with E-state index >= 15 is 0 Å². The van der Waals surface area contributed by atoms with Crippen molar-refractivity contribution in [3.63, 3.8) is 0 Å². The highest BCUT2D eigenvalue weighted by atomic mass is 35.5. The summed E-state index contributed by atoms with van der Waals surface area (Å²) in [6, 6.07) is 18.4. The number of methoxy groups -OCH3 is 1. The van der Waals surface area contributed by atoms with E-state index < -0.39 is 17.7 Å². The third kappa shape index (κ3) is 4.82. The summed E-state index contributed by atoms with van der Waals surface area (Å²) in [5.74, 6) is -0.393. The second-order valence-corrected chi connectivity index (χ2v) is 9.48. The second-order valence-electron chi connectivity index (χ2n) is 9.07. The number of anilines is 1. The molecule has 0 spiro atoms. The number of aryl methyl sites for hydroxylation is 1. The number of Topliss-reactive ketones (excluding diaryl/α,β-unsaturated/α-hetero) is 1. The number of hydrogen-bond acceptors (Lipinski definition) is 5. The fraction of sp³-hybridized carbons (Fsp3) is 0.241. The summed E-state index contributed by atoms with van der Waals surface area (Å²) in [6.45, 7) is 6.58. The lowest BCUT2D eigenvalue weighted by Crippen LogP contribution is -2.29.